The van der Waals surface area contributed by atoms with E-state index in [1.165, 1.54) is 0 Å². The van der Waals surface area contributed by atoms with Gasteiger partial charge in [-0.15, -0.1) is 0 Å². The smallest absolute Gasteiger partial charge is 0.333 e. The van der Waals surface area contributed by atoms with Crippen molar-refractivity contribution < 1.29 is 38.5 Å². The van der Waals surface area contributed by atoms with Crippen molar-refractivity contribution in [3.8, 4) is 0 Å². The molecule has 8 nitrogen and oxygen atoms in total. The normalized spacial score (nSPS) is 20.1. The number of cyclic esters (lactones) is 2. The maximum Gasteiger partial charge on any atom is 0.333 e. The van der Waals surface area contributed by atoms with Gasteiger partial charge < -0.3 is 19.3 Å². The van der Waals surface area contributed by atoms with Crippen molar-refractivity contribution in [2.24, 2.45) is 0 Å². The third kappa shape index (κ3) is 11.9. The minimum absolute atomic E-state index is 0.0360. The van der Waals surface area contributed by atoms with Crippen molar-refractivity contribution in [1.82, 2.24) is 0 Å². The van der Waals surface area contributed by atoms with Crippen LogP contribution < -0.4 is 0 Å². The number of rotatable bonds is 5. The van der Waals surface area contributed by atoms with E-state index in [1.807, 2.05) is 0 Å². The van der Waals surface area contributed by atoms with Gasteiger partial charge in [-0.1, -0.05) is 13.2 Å². The van der Waals surface area contributed by atoms with Gasteiger partial charge >= 0.3 is 17.9 Å². The molecule has 2 aliphatic rings. The van der Waals surface area contributed by atoms with E-state index in [-0.39, 0.29) is 37.4 Å². The Labute approximate surface area is 163 Å². The second kappa shape index (κ2) is 13.1. The Balaban J connectivity index is 0.000000413. The lowest BCUT2D eigenvalue weighted by molar-refractivity contribution is -0.150. The lowest BCUT2D eigenvalue weighted by Crippen LogP contribution is -2.18. The summed E-state index contributed by atoms with van der Waals surface area (Å²) in [5.74, 6) is -0.858. The third-order valence-electron chi connectivity index (χ3n) is 3.23. The first-order chi connectivity index (χ1) is 12.6. The summed E-state index contributed by atoms with van der Waals surface area (Å²) in [6.45, 7) is 9.94. The van der Waals surface area contributed by atoms with Crippen LogP contribution in [0.15, 0.2) is 24.3 Å². The summed E-state index contributed by atoms with van der Waals surface area (Å²) in [4.78, 5) is 41.7. The van der Waals surface area contributed by atoms with Crippen molar-refractivity contribution in [1.29, 1.82) is 0 Å². The molecule has 0 aliphatic carbocycles. The van der Waals surface area contributed by atoms with Crippen molar-refractivity contribution in [3.05, 3.63) is 24.3 Å². The largest absolute Gasteiger partial charge is 0.460 e. The van der Waals surface area contributed by atoms with Gasteiger partial charge in [0.25, 0.3) is 0 Å². The average Bonchev–Trinajstić information content (AvgIpc) is 3.21. The molecule has 2 atom stereocenters. The first kappa shape index (κ1) is 24.8. The van der Waals surface area contributed by atoms with Gasteiger partial charge in [0.05, 0.1) is 6.61 Å². The monoisotopic (exact) mass is 404 g/mol. The summed E-state index contributed by atoms with van der Waals surface area (Å²) in [7, 11) is 0. The van der Waals surface area contributed by atoms with E-state index in [0.717, 1.165) is 0 Å². The van der Waals surface area contributed by atoms with Crippen LogP contribution in [-0.4, -0.2) is 53.7 Å². The van der Waals surface area contributed by atoms with E-state index in [4.69, 9.17) is 26.2 Å². The van der Waals surface area contributed by atoms with Crippen LogP contribution in [0.1, 0.15) is 39.5 Å². The molecule has 2 saturated heterocycles. The molecular weight excluding hydrogens is 380 g/mol. The average molecular weight is 405 g/mol. The van der Waals surface area contributed by atoms with Crippen LogP contribution in [0, 0.1) is 0 Å². The highest BCUT2D eigenvalue weighted by atomic mass is 35.5. The molecule has 0 amide bonds. The first-order valence-electron chi connectivity index (χ1n) is 8.24. The summed E-state index contributed by atoms with van der Waals surface area (Å²) in [5, 5.41) is 7.94. The number of allylic oxidation sites excluding steroid dienone is 1. The number of ether oxygens (including phenoxy) is 3. The van der Waals surface area contributed by atoms with Crippen molar-refractivity contribution in [3.63, 3.8) is 0 Å². The lowest BCUT2D eigenvalue weighted by atomic mass is 10.2. The fraction of sp³-hybridized carbons (Fsp3) is 0.556. The zero-order chi connectivity index (χ0) is 21.0. The molecule has 27 heavy (non-hydrogen) atoms. The molecule has 0 aromatic carbocycles. The fourth-order valence-corrected chi connectivity index (χ4v) is 1.70. The van der Waals surface area contributed by atoms with Gasteiger partial charge in [-0.25, -0.2) is 4.79 Å². The maximum atomic E-state index is 10.9. The van der Waals surface area contributed by atoms with E-state index in [1.54, 1.807) is 13.8 Å². The SMILES string of the molecule is C=C(C)C(=O)Cl.C=C(C)C(=O)OCC1CCC(=O)O1.O=C1CCC(CO)O1. The van der Waals surface area contributed by atoms with Crippen LogP contribution in [0.25, 0.3) is 0 Å². The van der Waals surface area contributed by atoms with Crippen LogP contribution in [0.3, 0.4) is 0 Å². The number of hydrogen-bond acceptors (Lipinski definition) is 8. The summed E-state index contributed by atoms with van der Waals surface area (Å²) in [5.41, 5.74) is 0.737. The Kier molecular flexibility index (Phi) is 12.0. The van der Waals surface area contributed by atoms with E-state index in [0.29, 0.717) is 36.8 Å². The van der Waals surface area contributed by atoms with Gasteiger partial charge in [0, 0.05) is 24.0 Å². The van der Waals surface area contributed by atoms with Gasteiger partial charge in [0.1, 0.15) is 18.8 Å². The standard InChI is InChI=1S/C9H12O4.C5H8O3.C4H5ClO/c1-6(2)9(11)12-5-7-3-4-8(10)13-7;6-3-4-1-2-5(7)8-4;1-3(2)4(5)6/h7H,1,3-5H2,2H3;4,6H,1-3H2;1H2,2H3. The van der Waals surface area contributed by atoms with E-state index < -0.39 is 11.2 Å². The molecule has 2 unspecified atom stereocenters. The van der Waals surface area contributed by atoms with Crippen molar-refractivity contribution >= 4 is 34.8 Å². The predicted molar refractivity (Wildman–Crippen MR) is 96.8 cm³/mol. The number of halogens is 1. The molecule has 1 N–H and O–H groups in total. The second-order valence-electron chi connectivity index (χ2n) is 5.92. The molecule has 2 fully saturated rings. The second-order valence-corrected chi connectivity index (χ2v) is 6.26. The molecule has 2 rings (SSSR count). The van der Waals surface area contributed by atoms with Crippen molar-refractivity contribution in [2.75, 3.05) is 13.2 Å². The molecule has 152 valence electrons. The van der Waals surface area contributed by atoms with Crippen LogP contribution >= 0.6 is 11.6 Å². The Bertz CT molecular complexity index is 572. The molecule has 0 aromatic rings. The zero-order valence-corrected chi connectivity index (χ0v) is 16.3. The highest BCUT2D eigenvalue weighted by molar-refractivity contribution is 6.67. The summed E-state index contributed by atoms with van der Waals surface area (Å²) in [6, 6.07) is 0. The summed E-state index contributed by atoms with van der Waals surface area (Å²) in [6.07, 6.45) is 1.69. The highest BCUT2D eigenvalue weighted by Crippen LogP contribution is 2.14. The summed E-state index contributed by atoms with van der Waals surface area (Å²) >= 11 is 4.87. The number of carbonyl (C=O) groups is 4. The minimum Gasteiger partial charge on any atom is -0.460 e. The Morgan fingerprint density at radius 2 is 1.52 bits per heavy atom. The number of hydrogen-bond donors (Lipinski definition) is 1. The number of aliphatic hydroxyl groups excluding tert-OH is 1. The van der Waals surface area contributed by atoms with Crippen molar-refractivity contribution in [2.45, 2.75) is 51.7 Å². The summed E-state index contributed by atoms with van der Waals surface area (Å²) < 4.78 is 14.3. The predicted octanol–water partition coefficient (Wildman–Crippen LogP) is 1.82. The molecule has 0 radical (unpaired) electrons. The van der Waals surface area contributed by atoms with E-state index >= 15 is 0 Å². The first-order valence-corrected chi connectivity index (χ1v) is 8.62. The quantitative estimate of drug-likeness (QED) is 0.319. The molecule has 0 saturated carbocycles. The maximum absolute atomic E-state index is 10.9. The van der Waals surface area contributed by atoms with Crippen LogP contribution in [-0.2, 0) is 33.4 Å². The molecule has 0 aromatic heterocycles. The topological polar surface area (TPSA) is 116 Å². The number of carbonyl (C=O) groups excluding carboxylic acids is 4. The lowest BCUT2D eigenvalue weighted by Gasteiger charge is -2.09. The van der Waals surface area contributed by atoms with Gasteiger partial charge in [-0.3, -0.25) is 14.4 Å². The third-order valence-corrected chi connectivity index (χ3v) is 3.55. The van der Waals surface area contributed by atoms with E-state index in [2.05, 4.69) is 17.9 Å². The molecule has 9 heteroatoms. The van der Waals surface area contributed by atoms with Gasteiger partial charge in [0.2, 0.25) is 5.24 Å². The number of aliphatic hydroxyl groups is 1. The number of esters is 3. The highest BCUT2D eigenvalue weighted by Gasteiger charge is 2.24. The molecule has 0 spiro atoms. The molecule has 0 bridgehead atoms. The van der Waals surface area contributed by atoms with Gasteiger partial charge in [-0.05, 0) is 38.3 Å². The fourth-order valence-electron chi connectivity index (χ4n) is 1.70. The Hall–Kier alpha value is -2.19. The molecular formula is C18H25ClO8. The van der Waals surface area contributed by atoms with Gasteiger partial charge in [0.15, 0.2) is 0 Å². The molecule has 2 heterocycles. The van der Waals surface area contributed by atoms with E-state index in [9.17, 15) is 19.2 Å². The minimum atomic E-state index is -0.463. The molecule has 2 aliphatic heterocycles. The van der Waals surface area contributed by atoms with Gasteiger partial charge in [-0.2, -0.15) is 0 Å². The van der Waals surface area contributed by atoms with Crippen LogP contribution in [0.2, 0.25) is 0 Å². The zero-order valence-electron chi connectivity index (χ0n) is 15.5. The Morgan fingerprint density at radius 3 is 1.78 bits per heavy atom. The Morgan fingerprint density at radius 1 is 1.07 bits per heavy atom. The van der Waals surface area contributed by atoms with Crippen LogP contribution in [0.4, 0.5) is 0 Å². The van der Waals surface area contributed by atoms with Crippen LogP contribution in [0.5, 0.6) is 0 Å².